The Morgan fingerprint density at radius 3 is 1.96 bits per heavy atom. The zero-order valence-corrected chi connectivity index (χ0v) is 15.3. The van der Waals surface area contributed by atoms with Gasteiger partial charge in [-0.1, -0.05) is 38.1 Å². The van der Waals surface area contributed by atoms with E-state index in [1.54, 1.807) is 0 Å². The van der Waals surface area contributed by atoms with Gasteiger partial charge in [-0.2, -0.15) is 0 Å². The third kappa shape index (κ3) is 4.19. The summed E-state index contributed by atoms with van der Waals surface area (Å²) >= 11 is 0. The van der Waals surface area contributed by atoms with Gasteiger partial charge in [-0.05, 0) is 43.2 Å². The van der Waals surface area contributed by atoms with E-state index in [-0.39, 0.29) is 5.41 Å². The Hall–Kier alpha value is -0.900. The minimum atomic E-state index is 0.278. The molecule has 0 bridgehead atoms. The molecule has 0 N–H and O–H groups in total. The van der Waals surface area contributed by atoms with Crippen molar-refractivity contribution < 1.29 is 14.2 Å². The molecule has 1 aromatic rings. The Kier molecular flexibility index (Phi) is 5.96. The van der Waals surface area contributed by atoms with Crippen LogP contribution < -0.4 is 0 Å². The van der Waals surface area contributed by atoms with E-state index in [4.69, 9.17) is 14.2 Å². The van der Waals surface area contributed by atoms with E-state index in [0.29, 0.717) is 12.0 Å². The molecule has 3 heteroatoms. The Morgan fingerprint density at radius 1 is 0.875 bits per heavy atom. The van der Waals surface area contributed by atoms with Gasteiger partial charge in [-0.25, -0.2) is 0 Å². The van der Waals surface area contributed by atoms with Crippen molar-refractivity contribution in [3.05, 3.63) is 35.4 Å². The second-order valence-electron chi connectivity index (χ2n) is 7.86. The van der Waals surface area contributed by atoms with E-state index < -0.39 is 0 Å². The first-order valence-electron chi connectivity index (χ1n) is 9.50. The summed E-state index contributed by atoms with van der Waals surface area (Å²) in [5.41, 5.74) is 3.46. The molecule has 0 amide bonds. The van der Waals surface area contributed by atoms with Gasteiger partial charge >= 0.3 is 0 Å². The highest BCUT2D eigenvalue weighted by atomic mass is 16.5. The van der Waals surface area contributed by atoms with Gasteiger partial charge in [0.1, 0.15) is 0 Å². The molecule has 134 valence electrons. The summed E-state index contributed by atoms with van der Waals surface area (Å²) in [5.74, 6) is 0. The first-order valence-corrected chi connectivity index (χ1v) is 9.50. The summed E-state index contributed by atoms with van der Waals surface area (Å²) in [7, 11) is 0. The fourth-order valence-corrected chi connectivity index (χ4v) is 3.55. The van der Waals surface area contributed by atoms with Crippen LogP contribution in [0.1, 0.15) is 50.7 Å². The molecule has 3 nitrogen and oxygen atoms in total. The van der Waals surface area contributed by atoms with E-state index in [2.05, 4.69) is 38.1 Å². The molecule has 2 heterocycles. The minimum absolute atomic E-state index is 0.278. The van der Waals surface area contributed by atoms with Crippen molar-refractivity contribution in [1.29, 1.82) is 0 Å². The van der Waals surface area contributed by atoms with Crippen molar-refractivity contribution in [2.45, 2.75) is 52.6 Å². The van der Waals surface area contributed by atoms with Crippen molar-refractivity contribution in [3.63, 3.8) is 0 Å². The molecular formula is C21H32O3. The Labute approximate surface area is 146 Å². The Morgan fingerprint density at radius 2 is 1.46 bits per heavy atom. The largest absolute Gasteiger partial charge is 0.380 e. The highest BCUT2D eigenvalue weighted by Crippen LogP contribution is 2.36. The zero-order chi connectivity index (χ0) is 16.9. The average molecular weight is 332 g/mol. The van der Waals surface area contributed by atoms with Crippen LogP contribution in [-0.4, -0.2) is 33.0 Å². The van der Waals surface area contributed by atoms with Crippen molar-refractivity contribution in [1.82, 2.24) is 0 Å². The Balaban J connectivity index is 1.37. The van der Waals surface area contributed by atoms with Gasteiger partial charge in [0.25, 0.3) is 0 Å². The quantitative estimate of drug-likeness (QED) is 0.636. The lowest BCUT2D eigenvalue weighted by Crippen LogP contribution is -2.45. The molecule has 2 fully saturated rings. The minimum Gasteiger partial charge on any atom is -0.380 e. The van der Waals surface area contributed by atoms with Gasteiger partial charge in [-0.3, -0.25) is 0 Å². The number of hydrogen-bond donors (Lipinski definition) is 0. The maximum atomic E-state index is 5.93. The zero-order valence-electron chi connectivity index (χ0n) is 15.3. The predicted molar refractivity (Wildman–Crippen MR) is 96.1 cm³/mol. The summed E-state index contributed by atoms with van der Waals surface area (Å²) < 4.78 is 16.7. The summed E-state index contributed by atoms with van der Waals surface area (Å²) in [5, 5.41) is 0. The van der Waals surface area contributed by atoms with Crippen LogP contribution in [0, 0.1) is 10.8 Å². The fourth-order valence-electron chi connectivity index (χ4n) is 3.55. The van der Waals surface area contributed by atoms with Crippen molar-refractivity contribution in [2.75, 3.05) is 33.0 Å². The van der Waals surface area contributed by atoms with Gasteiger partial charge in [0.15, 0.2) is 0 Å². The molecule has 2 aliphatic rings. The molecule has 3 rings (SSSR count). The summed E-state index contributed by atoms with van der Waals surface area (Å²) in [6.45, 7) is 9.66. The molecule has 0 radical (unpaired) electrons. The average Bonchev–Trinajstić information content (AvgIpc) is 2.54. The monoisotopic (exact) mass is 332 g/mol. The van der Waals surface area contributed by atoms with Crippen LogP contribution in [0.15, 0.2) is 24.3 Å². The topological polar surface area (TPSA) is 27.7 Å². The predicted octanol–water partition coefficient (Wildman–Crippen LogP) is 4.38. The van der Waals surface area contributed by atoms with Crippen molar-refractivity contribution >= 4 is 0 Å². The molecular weight excluding hydrogens is 300 g/mol. The van der Waals surface area contributed by atoms with Gasteiger partial charge < -0.3 is 14.2 Å². The Bertz CT molecular complexity index is 442. The van der Waals surface area contributed by atoms with E-state index in [1.807, 2.05) is 0 Å². The number of aryl methyl sites for hydroxylation is 1. The van der Waals surface area contributed by atoms with Crippen molar-refractivity contribution in [3.8, 4) is 0 Å². The second kappa shape index (κ2) is 7.99. The summed E-state index contributed by atoms with van der Waals surface area (Å²) in [4.78, 5) is 0. The third-order valence-electron chi connectivity index (χ3n) is 6.01. The first kappa shape index (κ1) is 17.9. The number of rotatable bonds is 10. The van der Waals surface area contributed by atoms with Crippen LogP contribution in [-0.2, 0) is 27.2 Å². The molecule has 0 aromatic heterocycles. The lowest BCUT2D eigenvalue weighted by Gasteiger charge is -2.41. The lowest BCUT2D eigenvalue weighted by molar-refractivity contribution is -0.152. The van der Waals surface area contributed by atoms with E-state index in [9.17, 15) is 0 Å². The van der Waals surface area contributed by atoms with Crippen LogP contribution in [0.2, 0.25) is 0 Å². The number of ether oxygens (including phenoxy) is 3. The summed E-state index contributed by atoms with van der Waals surface area (Å²) in [6.07, 6.45) is 6.09. The molecule has 0 unspecified atom stereocenters. The molecule has 0 aliphatic carbocycles. The van der Waals surface area contributed by atoms with Crippen LogP contribution in [0.5, 0.6) is 0 Å². The molecule has 0 saturated carbocycles. The van der Waals surface area contributed by atoms with Gasteiger partial charge in [-0.15, -0.1) is 0 Å². The molecule has 0 spiro atoms. The molecule has 24 heavy (non-hydrogen) atoms. The van der Waals surface area contributed by atoms with E-state index >= 15 is 0 Å². The normalized spacial score (nSPS) is 21.1. The van der Waals surface area contributed by atoms with Crippen LogP contribution in [0.4, 0.5) is 0 Å². The second-order valence-corrected chi connectivity index (χ2v) is 7.86. The van der Waals surface area contributed by atoms with Crippen LogP contribution >= 0.6 is 0 Å². The molecule has 2 saturated heterocycles. The smallest absolute Gasteiger partial charge is 0.0717 e. The maximum Gasteiger partial charge on any atom is 0.0717 e. The van der Waals surface area contributed by atoms with E-state index in [1.165, 1.54) is 36.8 Å². The molecule has 2 aliphatic heterocycles. The van der Waals surface area contributed by atoms with E-state index in [0.717, 1.165) is 39.5 Å². The van der Waals surface area contributed by atoms with Gasteiger partial charge in [0, 0.05) is 10.8 Å². The van der Waals surface area contributed by atoms with Gasteiger partial charge in [0.05, 0.1) is 39.6 Å². The molecule has 0 atom stereocenters. The fraction of sp³-hybridized carbons (Fsp3) is 0.714. The first-order chi connectivity index (χ1) is 11.7. The standard InChI is InChI=1S/C21H32O3/c1-3-20(13-23-14-20)11-5-6-18-7-9-19(10-8-18)12-22-15-21(4-2)16-24-17-21/h7-10H,3-6,11-17H2,1-2H3. The number of benzene rings is 1. The van der Waals surface area contributed by atoms with Crippen molar-refractivity contribution in [2.24, 2.45) is 10.8 Å². The van der Waals surface area contributed by atoms with Crippen LogP contribution in [0.25, 0.3) is 0 Å². The SMILES string of the molecule is CCC1(CCCc2ccc(COCC3(CC)COC3)cc2)COC1. The van der Waals surface area contributed by atoms with Crippen LogP contribution in [0.3, 0.4) is 0 Å². The molecule has 1 aromatic carbocycles. The third-order valence-corrected chi connectivity index (χ3v) is 6.01. The van der Waals surface area contributed by atoms with Gasteiger partial charge in [0.2, 0.25) is 0 Å². The number of hydrogen-bond acceptors (Lipinski definition) is 3. The maximum absolute atomic E-state index is 5.93. The lowest BCUT2D eigenvalue weighted by atomic mass is 9.78. The summed E-state index contributed by atoms with van der Waals surface area (Å²) in [6, 6.07) is 8.95. The highest BCUT2D eigenvalue weighted by Gasteiger charge is 2.37. The highest BCUT2D eigenvalue weighted by molar-refractivity contribution is 5.22.